The van der Waals surface area contributed by atoms with Crippen LogP contribution in [0.2, 0.25) is 0 Å². The van der Waals surface area contributed by atoms with Crippen molar-refractivity contribution in [1.29, 1.82) is 0 Å². The number of aliphatic carboxylic acids is 1. The number of carboxylic acid groups (broad SMARTS) is 1. The second-order valence-electron chi connectivity index (χ2n) is 6.14. The van der Waals surface area contributed by atoms with Gasteiger partial charge in [-0.15, -0.1) is 0 Å². The van der Waals surface area contributed by atoms with Crippen molar-refractivity contribution >= 4 is 28.3 Å². The van der Waals surface area contributed by atoms with Crippen LogP contribution in [0.25, 0.3) is 16.3 Å². The third-order valence-corrected chi connectivity index (χ3v) is 4.50. The van der Waals surface area contributed by atoms with Crippen molar-refractivity contribution < 1.29 is 24.2 Å². The number of hydrogen-bond donors (Lipinski definition) is 1. The third kappa shape index (κ3) is 3.74. The molecule has 3 rings (SSSR count). The maximum absolute atomic E-state index is 12.5. The minimum Gasteiger partial charge on any atom is -0.496 e. The smallest absolute Gasteiger partial charge is 0.334 e. The summed E-state index contributed by atoms with van der Waals surface area (Å²) in [7, 11) is 2.85. The van der Waals surface area contributed by atoms with E-state index in [0.717, 1.165) is 21.9 Å². The standard InChI is InChI=1S/C23H20O5/c1-27-20-13-12-18(16-10-6-7-11-17(16)20)22(15-8-4-3-5-9-15)19(14-21(24)25)23(26)28-2/h3-13H,14H2,1-2H3,(H,24,25). The molecule has 5 heteroatoms. The molecule has 28 heavy (non-hydrogen) atoms. The summed E-state index contributed by atoms with van der Waals surface area (Å²) in [6.07, 6.45) is -0.447. The fourth-order valence-electron chi connectivity index (χ4n) is 3.30. The Bertz CT molecular complexity index is 1050. The molecular formula is C23H20O5. The average Bonchev–Trinajstić information content (AvgIpc) is 2.73. The van der Waals surface area contributed by atoms with E-state index in [2.05, 4.69) is 0 Å². The monoisotopic (exact) mass is 376 g/mol. The lowest BCUT2D eigenvalue weighted by Crippen LogP contribution is -2.13. The van der Waals surface area contributed by atoms with Gasteiger partial charge in [0.15, 0.2) is 0 Å². The zero-order valence-electron chi connectivity index (χ0n) is 15.6. The van der Waals surface area contributed by atoms with Crippen LogP contribution in [0.5, 0.6) is 5.75 Å². The van der Waals surface area contributed by atoms with Gasteiger partial charge in [0.05, 0.1) is 26.2 Å². The number of methoxy groups -OCH3 is 2. The molecule has 0 saturated carbocycles. The van der Waals surface area contributed by atoms with Crippen molar-refractivity contribution in [2.45, 2.75) is 6.42 Å². The molecule has 0 aliphatic heterocycles. The van der Waals surface area contributed by atoms with Crippen LogP contribution >= 0.6 is 0 Å². The molecule has 0 aliphatic rings. The Labute approximate surface area is 162 Å². The van der Waals surface area contributed by atoms with Crippen LogP contribution in [0.3, 0.4) is 0 Å². The molecule has 5 nitrogen and oxygen atoms in total. The van der Waals surface area contributed by atoms with Crippen molar-refractivity contribution in [3.8, 4) is 5.75 Å². The molecule has 3 aromatic carbocycles. The van der Waals surface area contributed by atoms with Crippen LogP contribution in [0.1, 0.15) is 17.5 Å². The highest BCUT2D eigenvalue weighted by molar-refractivity contribution is 6.09. The van der Waals surface area contributed by atoms with Crippen LogP contribution in [0.4, 0.5) is 0 Å². The zero-order valence-corrected chi connectivity index (χ0v) is 15.6. The highest BCUT2D eigenvalue weighted by Gasteiger charge is 2.23. The molecule has 0 bridgehead atoms. The van der Waals surface area contributed by atoms with Gasteiger partial charge in [-0.2, -0.15) is 0 Å². The molecule has 0 amide bonds. The van der Waals surface area contributed by atoms with Gasteiger partial charge in [0.1, 0.15) is 5.75 Å². The minimum atomic E-state index is -1.10. The van der Waals surface area contributed by atoms with E-state index < -0.39 is 18.4 Å². The normalized spacial score (nSPS) is 11.6. The molecule has 0 atom stereocenters. The van der Waals surface area contributed by atoms with Crippen LogP contribution in [-0.2, 0) is 14.3 Å². The van der Waals surface area contributed by atoms with Crippen molar-refractivity contribution in [2.24, 2.45) is 0 Å². The summed E-state index contributed by atoms with van der Waals surface area (Å²) in [5, 5.41) is 11.1. The predicted octanol–water partition coefficient (Wildman–Crippen LogP) is 4.30. The SMILES string of the molecule is COC(=O)C(CC(=O)O)=C(c1ccccc1)c1ccc(OC)c2ccccc12. The molecule has 0 radical (unpaired) electrons. The number of carbonyl (C=O) groups excluding carboxylic acids is 1. The number of carboxylic acids is 1. The van der Waals surface area contributed by atoms with Gasteiger partial charge in [0.2, 0.25) is 0 Å². The number of fused-ring (bicyclic) bond motifs is 1. The maximum atomic E-state index is 12.5. The third-order valence-electron chi connectivity index (χ3n) is 4.50. The molecule has 0 aliphatic carbocycles. The van der Waals surface area contributed by atoms with Gasteiger partial charge in [0.25, 0.3) is 0 Å². The van der Waals surface area contributed by atoms with E-state index in [1.54, 1.807) is 7.11 Å². The topological polar surface area (TPSA) is 72.8 Å². The lowest BCUT2D eigenvalue weighted by Gasteiger charge is -2.17. The Kier molecular flexibility index (Phi) is 5.75. The second-order valence-corrected chi connectivity index (χ2v) is 6.14. The maximum Gasteiger partial charge on any atom is 0.334 e. The highest BCUT2D eigenvalue weighted by atomic mass is 16.5. The fourth-order valence-corrected chi connectivity index (χ4v) is 3.30. The summed E-state index contributed by atoms with van der Waals surface area (Å²) in [6, 6.07) is 20.5. The van der Waals surface area contributed by atoms with Gasteiger partial charge in [-0.1, -0.05) is 60.7 Å². The van der Waals surface area contributed by atoms with Crippen molar-refractivity contribution in [2.75, 3.05) is 14.2 Å². The van der Waals surface area contributed by atoms with E-state index >= 15 is 0 Å². The lowest BCUT2D eigenvalue weighted by molar-refractivity contribution is -0.141. The second kappa shape index (κ2) is 8.39. The number of carbonyl (C=O) groups is 2. The van der Waals surface area contributed by atoms with Crippen LogP contribution in [0, 0.1) is 0 Å². The number of rotatable bonds is 6. The summed E-state index contributed by atoms with van der Waals surface area (Å²) < 4.78 is 10.4. The van der Waals surface area contributed by atoms with Crippen LogP contribution in [-0.4, -0.2) is 31.3 Å². The Balaban J connectivity index is 2.42. The number of benzene rings is 3. The average molecular weight is 376 g/mol. The Morgan fingerprint density at radius 1 is 0.857 bits per heavy atom. The quantitative estimate of drug-likeness (QED) is 0.513. The first-order valence-corrected chi connectivity index (χ1v) is 8.71. The minimum absolute atomic E-state index is 0.0940. The number of hydrogen-bond acceptors (Lipinski definition) is 4. The summed E-state index contributed by atoms with van der Waals surface area (Å²) in [4.78, 5) is 24.0. The van der Waals surface area contributed by atoms with Gasteiger partial charge in [-0.05, 0) is 22.6 Å². The predicted molar refractivity (Wildman–Crippen MR) is 107 cm³/mol. The van der Waals surface area contributed by atoms with E-state index in [1.807, 2.05) is 66.7 Å². The van der Waals surface area contributed by atoms with E-state index in [4.69, 9.17) is 9.47 Å². The fraction of sp³-hybridized carbons (Fsp3) is 0.130. The Morgan fingerprint density at radius 2 is 1.50 bits per heavy atom. The van der Waals surface area contributed by atoms with Crippen molar-refractivity contribution in [3.05, 3.63) is 83.4 Å². The number of esters is 1. The van der Waals surface area contributed by atoms with Gasteiger partial charge in [0, 0.05) is 11.0 Å². The summed E-state index contributed by atoms with van der Waals surface area (Å²) in [5.41, 5.74) is 2.11. The van der Waals surface area contributed by atoms with E-state index in [1.165, 1.54) is 7.11 Å². The van der Waals surface area contributed by atoms with Gasteiger partial charge < -0.3 is 14.6 Å². The molecule has 0 fully saturated rings. The van der Waals surface area contributed by atoms with Crippen LogP contribution < -0.4 is 4.74 Å². The van der Waals surface area contributed by atoms with Gasteiger partial charge in [-0.3, -0.25) is 4.79 Å². The summed E-state index contributed by atoms with van der Waals surface area (Å²) >= 11 is 0. The van der Waals surface area contributed by atoms with Gasteiger partial charge in [-0.25, -0.2) is 4.79 Å². The Morgan fingerprint density at radius 3 is 2.11 bits per heavy atom. The molecule has 0 aromatic heterocycles. The van der Waals surface area contributed by atoms with Crippen molar-refractivity contribution in [1.82, 2.24) is 0 Å². The van der Waals surface area contributed by atoms with E-state index in [9.17, 15) is 14.7 Å². The van der Waals surface area contributed by atoms with E-state index in [0.29, 0.717) is 11.3 Å². The molecule has 0 unspecified atom stereocenters. The van der Waals surface area contributed by atoms with Crippen LogP contribution in [0.15, 0.2) is 72.3 Å². The molecule has 0 heterocycles. The molecule has 1 N–H and O–H groups in total. The largest absolute Gasteiger partial charge is 0.496 e. The Hall–Kier alpha value is -3.60. The number of ether oxygens (including phenoxy) is 2. The molecule has 3 aromatic rings. The molecular weight excluding hydrogens is 356 g/mol. The first kappa shape index (κ1) is 19.2. The lowest BCUT2D eigenvalue weighted by atomic mass is 9.88. The van der Waals surface area contributed by atoms with E-state index in [-0.39, 0.29) is 5.57 Å². The first-order valence-electron chi connectivity index (χ1n) is 8.71. The zero-order chi connectivity index (χ0) is 20.1. The molecule has 0 saturated heterocycles. The highest BCUT2D eigenvalue weighted by Crippen LogP contribution is 2.37. The molecule has 0 spiro atoms. The molecule has 142 valence electrons. The first-order chi connectivity index (χ1) is 13.6. The summed E-state index contributed by atoms with van der Waals surface area (Å²) in [6.45, 7) is 0. The van der Waals surface area contributed by atoms with Crippen molar-refractivity contribution in [3.63, 3.8) is 0 Å². The van der Waals surface area contributed by atoms with Gasteiger partial charge >= 0.3 is 11.9 Å². The summed E-state index contributed by atoms with van der Waals surface area (Å²) in [5.74, 6) is -1.07.